The number of pyridine rings is 1. The van der Waals surface area contributed by atoms with Gasteiger partial charge in [-0.1, -0.05) is 17.7 Å². The first-order valence-electron chi connectivity index (χ1n) is 4.18. The van der Waals surface area contributed by atoms with Crippen molar-refractivity contribution in [3.05, 3.63) is 40.5 Å². The number of hydrogen-bond donors (Lipinski definition) is 0. The molecular weight excluding hydrogens is 196 g/mol. The molecule has 68 valence electrons. The van der Waals surface area contributed by atoms with Crippen molar-refractivity contribution in [1.29, 1.82) is 5.26 Å². The van der Waals surface area contributed by atoms with Gasteiger partial charge in [0.1, 0.15) is 11.8 Å². The number of halogens is 1. The summed E-state index contributed by atoms with van der Waals surface area (Å²) in [6.45, 7) is 1.90. The lowest BCUT2D eigenvalue weighted by molar-refractivity contribution is 1.30. The van der Waals surface area contributed by atoms with Crippen molar-refractivity contribution in [2.45, 2.75) is 6.92 Å². The Bertz CT molecular complexity index is 541. The molecule has 0 unspecified atom stereocenters. The Morgan fingerprint density at radius 3 is 2.71 bits per heavy atom. The normalized spacial score (nSPS) is 10.1. The number of hydrogen-bond acceptors (Lipinski definition) is 2. The van der Waals surface area contributed by atoms with Gasteiger partial charge in [0.25, 0.3) is 0 Å². The quantitative estimate of drug-likeness (QED) is 0.658. The molecule has 0 atom stereocenters. The average molecular weight is 203 g/mol. The first-order chi connectivity index (χ1) is 6.72. The van der Waals surface area contributed by atoms with E-state index in [0.29, 0.717) is 10.7 Å². The van der Waals surface area contributed by atoms with Crippen LogP contribution in [0.3, 0.4) is 0 Å². The van der Waals surface area contributed by atoms with Gasteiger partial charge in [0, 0.05) is 10.4 Å². The zero-order valence-electron chi connectivity index (χ0n) is 7.58. The minimum Gasteiger partial charge on any atom is -0.237 e. The molecule has 0 amide bonds. The summed E-state index contributed by atoms with van der Waals surface area (Å²) in [5.41, 5.74) is 2.14. The molecule has 2 aromatic rings. The molecule has 0 aliphatic carbocycles. The van der Waals surface area contributed by atoms with Gasteiger partial charge in [0.2, 0.25) is 0 Å². The Kier molecular flexibility index (Phi) is 2.11. The second-order valence-electron chi connectivity index (χ2n) is 3.05. The zero-order chi connectivity index (χ0) is 10.1. The van der Waals surface area contributed by atoms with E-state index in [1.54, 1.807) is 6.07 Å². The molecule has 0 radical (unpaired) electrons. The maximum atomic E-state index is 8.71. The van der Waals surface area contributed by atoms with Gasteiger partial charge < -0.3 is 0 Å². The van der Waals surface area contributed by atoms with Crippen molar-refractivity contribution < 1.29 is 0 Å². The minimum absolute atomic E-state index is 0.419. The molecule has 0 bridgehead atoms. The van der Waals surface area contributed by atoms with E-state index in [2.05, 4.69) is 4.98 Å². The molecule has 0 N–H and O–H groups in total. The summed E-state index contributed by atoms with van der Waals surface area (Å²) in [4.78, 5) is 4.21. The summed E-state index contributed by atoms with van der Waals surface area (Å²) < 4.78 is 0. The summed E-state index contributed by atoms with van der Waals surface area (Å²) >= 11 is 5.96. The lowest BCUT2D eigenvalue weighted by Gasteiger charge is -2.02. The Morgan fingerprint density at radius 1 is 1.29 bits per heavy atom. The average Bonchev–Trinajstić information content (AvgIpc) is 2.23. The highest BCUT2D eigenvalue weighted by Crippen LogP contribution is 2.23. The van der Waals surface area contributed by atoms with Crippen molar-refractivity contribution >= 4 is 22.5 Å². The van der Waals surface area contributed by atoms with Gasteiger partial charge in [0.15, 0.2) is 0 Å². The number of benzene rings is 1. The lowest BCUT2D eigenvalue weighted by atomic mass is 10.1. The summed E-state index contributed by atoms with van der Waals surface area (Å²) in [6.07, 6.45) is 0. The molecule has 0 saturated heterocycles. The van der Waals surface area contributed by atoms with Gasteiger partial charge in [-0.3, -0.25) is 0 Å². The molecule has 2 nitrogen and oxygen atoms in total. The molecule has 0 fully saturated rings. The number of aryl methyl sites for hydroxylation is 1. The van der Waals surface area contributed by atoms with Gasteiger partial charge >= 0.3 is 0 Å². The van der Waals surface area contributed by atoms with E-state index in [9.17, 15) is 0 Å². The van der Waals surface area contributed by atoms with Crippen molar-refractivity contribution in [2.75, 3.05) is 0 Å². The summed E-state index contributed by atoms with van der Waals surface area (Å²) in [6, 6.07) is 9.34. The third kappa shape index (κ3) is 1.32. The van der Waals surface area contributed by atoms with Gasteiger partial charge in [-0.25, -0.2) is 4.98 Å². The third-order valence-electron chi connectivity index (χ3n) is 2.16. The van der Waals surface area contributed by atoms with Crippen LogP contribution in [-0.4, -0.2) is 4.98 Å². The Hall–Kier alpha value is -1.59. The SMILES string of the molecule is Cc1c(Cl)ccc2ccc(C#N)nc12. The molecule has 1 aromatic heterocycles. The van der Waals surface area contributed by atoms with Crippen LogP contribution in [0.1, 0.15) is 11.3 Å². The molecule has 2 rings (SSSR count). The minimum atomic E-state index is 0.419. The summed E-state index contributed by atoms with van der Waals surface area (Å²) in [5, 5.41) is 10.4. The maximum absolute atomic E-state index is 8.71. The van der Waals surface area contributed by atoms with E-state index >= 15 is 0 Å². The molecule has 1 aromatic carbocycles. The maximum Gasteiger partial charge on any atom is 0.141 e. The smallest absolute Gasteiger partial charge is 0.141 e. The fourth-order valence-electron chi connectivity index (χ4n) is 1.37. The monoisotopic (exact) mass is 202 g/mol. The first-order valence-corrected chi connectivity index (χ1v) is 4.56. The van der Waals surface area contributed by atoms with Crippen molar-refractivity contribution in [2.24, 2.45) is 0 Å². The van der Waals surface area contributed by atoms with E-state index < -0.39 is 0 Å². The Morgan fingerprint density at radius 2 is 2.00 bits per heavy atom. The summed E-state index contributed by atoms with van der Waals surface area (Å²) in [7, 11) is 0. The van der Waals surface area contributed by atoms with Crippen LogP contribution in [0.2, 0.25) is 5.02 Å². The number of aromatic nitrogens is 1. The standard InChI is InChI=1S/C11H7ClN2/c1-7-10(12)5-3-8-2-4-9(6-13)14-11(7)8/h2-5H,1H3. The lowest BCUT2D eigenvalue weighted by Crippen LogP contribution is -1.87. The second kappa shape index (κ2) is 3.28. The van der Waals surface area contributed by atoms with E-state index in [4.69, 9.17) is 16.9 Å². The van der Waals surface area contributed by atoms with Crippen LogP contribution in [-0.2, 0) is 0 Å². The topological polar surface area (TPSA) is 36.7 Å². The largest absolute Gasteiger partial charge is 0.237 e. The second-order valence-corrected chi connectivity index (χ2v) is 3.46. The van der Waals surface area contributed by atoms with Crippen molar-refractivity contribution in [3.8, 4) is 6.07 Å². The van der Waals surface area contributed by atoms with Crippen LogP contribution < -0.4 is 0 Å². The number of rotatable bonds is 0. The molecule has 3 heteroatoms. The molecular formula is C11H7ClN2. The van der Waals surface area contributed by atoms with E-state index in [1.807, 2.05) is 31.2 Å². The molecule has 0 aliphatic heterocycles. The first kappa shape index (κ1) is 8.98. The predicted octanol–water partition coefficient (Wildman–Crippen LogP) is 3.07. The van der Waals surface area contributed by atoms with Crippen LogP contribution in [0.4, 0.5) is 0 Å². The molecule has 14 heavy (non-hydrogen) atoms. The molecule has 0 saturated carbocycles. The van der Waals surface area contributed by atoms with Gasteiger partial charge in [-0.2, -0.15) is 5.26 Å². The fraction of sp³-hybridized carbons (Fsp3) is 0.0909. The highest BCUT2D eigenvalue weighted by Gasteiger charge is 2.03. The van der Waals surface area contributed by atoms with Crippen LogP contribution in [0, 0.1) is 18.3 Å². The van der Waals surface area contributed by atoms with Crippen LogP contribution >= 0.6 is 11.6 Å². The number of fused-ring (bicyclic) bond motifs is 1. The van der Waals surface area contributed by atoms with Gasteiger partial charge in [-0.15, -0.1) is 0 Å². The highest BCUT2D eigenvalue weighted by molar-refractivity contribution is 6.32. The third-order valence-corrected chi connectivity index (χ3v) is 2.57. The Labute approximate surface area is 86.8 Å². The van der Waals surface area contributed by atoms with E-state index in [0.717, 1.165) is 16.5 Å². The Balaban J connectivity index is 2.86. The zero-order valence-corrected chi connectivity index (χ0v) is 8.34. The van der Waals surface area contributed by atoms with Crippen LogP contribution in [0.15, 0.2) is 24.3 Å². The van der Waals surface area contributed by atoms with Crippen molar-refractivity contribution in [3.63, 3.8) is 0 Å². The molecule has 0 aliphatic rings. The predicted molar refractivity (Wildman–Crippen MR) is 56.2 cm³/mol. The van der Waals surface area contributed by atoms with Gasteiger partial charge in [-0.05, 0) is 30.7 Å². The fourth-order valence-corrected chi connectivity index (χ4v) is 1.52. The summed E-state index contributed by atoms with van der Waals surface area (Å²) in [5.74, 6) is 0. The van der Waals surface area contributed by atoms with Crippen LogP contribution in [0.5, 0.6) is 0 Å². The highest BCUT2D eigenvalue weighted by atomic mass is 35.5. The van der Waals surface area contributed by atoms with E-state index in [-0.39, 0.29) is 0 Å². The number of nitrogens with zero attached hydrogens (tertiary/aromatic N) is 2. The number of nitriles is 1. The van der Waals surface area contributed by atoms with Crippen molar-refractivity contribution in [1.82, 2.24) is 4.98 Å². The molecule has 1 heterocycles. The van der Waals surface area contributed by atoms with E-state index in [1.165, 1.54) is 0 Å². The van der Waals surface area contributed by atoms with Crippen LogP contribution in [0.25, 0.3) is 10.9 Å². The van der Waals surface area contributed by atoms with Gasteiger partial charge in [0.05, 0.1) is 5.52 Å². The molecule has 0 spiro atoms.